The van der Waals surface area contributed by atoms with Gasteiger partial charge in [0.1, 0.15) is 5.39 Å². The monoisotopic (exact) mass is 434 g/mol. The average molecular weight is 435 g/mol. The van der Waals surface area contributed by atoms with Crippen molar-refractivity contribution in [2.24, 2.45) is 13.0 Å². The molecule has 0 spiro atoms. The van der Waals surface area contributed by atoms with Gasteiger partial charge in [-0.25, -0.2) is 9.59 Å². The summed E-state index contributed by atoms with van der Waals surface area (Å²) in [6.45, 7) is 4.66. The van der Waals surface area contributed by atoms with Crippen LogP contribution in [0.5, 0.6) is 0 Å². The lowest BCUT2D eigenvalue weighted by atomic mass is 10.1. The molecule has 8 nitrogen and oxygen atoms in total. The van der Waals surface area contributed by atoms with Crippen LogP contribution in [0.15, 0.2) is 38.5 Å². The molecule has 0 fully saturated rings. The van der Waals surface area contributed by atoms with Crippen LogP contribution in [-0.2, 0) is 20.1 Å². The summed E-state index contributed by atoms with van der Waals surface area (Å²) in [6, 6.07) is 4.72. The van der Waals surface area contributed by atoms with E-state index in [1.54, 1.807) is 23.0 Å². The Balaban J connectivity index is 2.14. The minimum Gasteiger partial charge on any atom is -0.478 e. The van der Waals surface area contributed by atoms with Crippen molar-refractivity contribution in [1.29, 1.82) is 0 Å². The molecule has 3 rings (SSSR count). The van der Waals surface area contributed by atoms with Crippen molar-refractivity contribution in [3.05, 3.63) is 60.8 Å². The van der Waals surface area contributed by atoms with Crippen LogP contribution in [-0.4, -0.2) is 30.0 Å². The first-order chi connectivity index (χ1) is 12.7. The highest BCUT2D eigenvalue weighted by atomic mass is 79.9. The summed E-state index contributed by atoms with van der Waals surface area (Å²) in [5.41, 5.74) is 0.400. The highest BCUT2D eigenvalue weighted by Crippen LogP contribution is 2.20. The van der Waals surface area contributed by atoms with Gasteiger partial charge in [-0.2, -0.15) is 5.10 Å². The summed E-state index contributed by atoms with van der Waals surface area (Å²) >= 11 is 3.41. The molecule has 3 aromatic rings. The molecular weight excluding hydrogens is 416 g/mol. The largest absolute Gasteiger partial charge is 0.478 e. The number of aromatic carboxylic acids is 1. The first-order valence-electron chi connectivity index (χ1n) is 8.37. The first-order valence-corrected chi connectivity index (χ1v) is 9.17. The van der Waals surface area contributed by atoms with Gasteiger partial charge in [0.05, 0.1) is 12.1 Å². The second-order valence-corrected chi connectivity index (χ2v) is 7.68. The highest BCUT2D eigenvalue weighted by Gasteiger charge is 2.16. The van der Waals surface area contributed by atoms with Gasteiger partial charge in [-0.15, -0.1) is 0 Å². The molecule has 0 atom stereocenters. The lowest BCUT2D eigenvalue weighted by molar-refractivity contribution is 0.0696. The Morgan fingerprint density at radius 2 is 2.00 bits per heavy atom. The fourth-order valence-electron chi connectivity index (χ4n) is 2.91. The SMILES string of the molecule is CC(C)Cn1c(=O)n(C)c(=O)c2cn(Cc3cc(C(=O)O)ccc3Br)nc21. The number of benzene rings is 1. The van der Waals surface area contributed by atoms with Crippen LogP contribution in [0.25, 0.3) is 11.0 Å². The van der Waals surface area contributed by atoms with Crippen LogP contribution in [0.4, 0.5) is 0 Å². The Morgan fingerprint density at radius 3 is 2.63 bits per heavy atom. The molecule has 0 saturated carbocycles. The zero-order chi connectivity index (χ0) is 19.9. The Kier molecular flexibility index (Phi) is 5.05. The van der Waals surface area contributed by atoms with Crippen LogP contribution in [0.2, 0.25) is 0 Å². The van der Waals surface area contributed by atoms with Gasteiger partial charge in [0.2, 0.25) is 0 Å². The minimum absolute atomic E-state index is 0.164. The van der Waals surface area contributed by atoms with Crippen molar-refractivity contribution in [1.82, 2.24) is 18.9 Å². The maximum absolute atomic E-state index is 12.5. The number of carboxylic acids is 1. The van der Waals surface area contributed by atoms with Gasteiger partial charge in [-0.3, -0.25) is 18.6 Å². The standard InChI is InChI=1S/C18H19BrN4O4/c1-10(2)7-23-15-13(16(24)21(3)18(23)27)9-22(20-15)8-12-6-11(17(25)26)4-5-14(12)19/h4-6,9-10H,7-8H2,1-3H3,(H,25,26). The summed E-state index contributed by atoms with van der Waals surface area (Å²) in [6.07, 6.45) is 1.59. The number of halogens is 1. The number of hydrogen-bond donors (Lipinski definition) is 1. The molecular formula is C18H19BrN4O4. The topological polar surface area (TPSA) is 99.1 Å². The van der Waals surface area contributed by atoms with E-state index >= 15 is 0 Å². The lowest BCUT2D eigenvalue weighted by Crippen LogP contribution is -2.38. The van der Waals surface area contributed by atoms with E-state index in [9.17, 15) is 19.5 Å². The molecule has 0 bridgehead atoms. The van der Waals surface area contributed by atoms with E-state index in [1.165, 1.54) is 17.7 Å². The van der Waals surface area contributed by atoms with E-state index in [0.29, 0.717) is 23.1 Å². The third-order valence-electron chi connectivity index (χ3n) is 4.22. The smallest absolute Gasteiger partial charge is 0.335 e. The van der Waals surface area contributed by atoms with Crippen molar-refractivity contribution in [2.75, 3.05) is 0 Å². The third-order valence-corrected chi connectivity index (χ3v) is 5.00. The molecule has 142 valence electrons. The summed E-state index contributed by atoms with van der Waals surface area (Å²) in [7, 11) is 1.45. The van der Waals surface area contributed by atoms with Crippen molar-refractivity contribution >= 4 is 32.9 Å². The molecule has 0 aliphatic rings. The van der Waals surface area contributed by atoms with Gasteiger partial charge in [-0.1, -0.05) is 29.8 Å². The van der Waals surface area contributed by atoms with Gasteiger partial charge in [0.25, 0.3) is 5.56 Å². The van der Waals surface area contributed by atoms with Gasteiger partial charge >= 0.3 is 11.7 Å². The fraction of sp³-hybridized carbons (Fsp3) is 0.333. The number of fused-ring (bicyclic) bond motifs is 1. The quantitative estimate of drug-likeness (QED) is 0.662. The molecule has 2 aromatic heterocycles. The van der Waals surface area contributed by atoms with E-state index in [-0.39, 0.29) is 18.0 Å². The third kappa shape index (κ3) is 3.59. The number of rotatable bonds is 5. The van der Waals surface area contributed by atoms with Crippen LogP contribution in [0, 0.1) is 5.92 Å². The van der Waals surface area contributed by atoms with Gasteiger partial charge in [0, 0.05) is 24.3 Å². The van der Waals surface area contributed by atoms with Crippen molar-refractivity contribution < 1.29 is 9.90 Å². The number of nitrogens with zero attached hydrogens (tertiary/aromatic N) is 4. The molecule has 1 aromatic carbocycles. The molecule has 0 unspecified atom stereocenters. The molecule has 0 saturated heterocycles. The van der Waals surface area contributed by atoms with Gasteiger partial charge in [0.15, 0.2) is 5.65 Å². The number of hydrogen-bond acceptors (Lipinski definition) is 4. The Hall–Kier alpha value is -2.68. The van der Waals surface area contributed by atoms with Crippen LogP contribution < -0.4 is 11.2 Å². The summed E-state index contributed by atoms with van der Waals surface area (Å²) in [5, 5.41) is 14.0. The second-order valence-electron chi connectivity index (χ2n) is 6.83. The van der Waals surface area contributed by atoms with E-state index in [0.717, 1.165) is 9.04 Å². The Bertz CT molecular complexity index is 1160. The van der Waals surface area contributed by atoms with Crippen LogP contribution >= 0.6 is 15.9 Å². The second kappa shape index (κ2) is 7.15. The number of aromatic nitrogens is 4. The zero-order valence-electron chi connectivity index (χ0n) is 15.1. The maximum Gasteiger partial charge on any atom is 0.335 e. The molecule has 1 N–H and O–H groups in total. The van der Waals surface area contributed by atoms with Crippen molar-refractivity contribution in [3.8, 4) is 0 Å². The normalized spacial score (nSPS) is 11.4. The van der Waals surface area contributed by atoms with E-state index < -0.39 is 17.2 Å². The van der Waals surface area contributed by atoms with E-state index in [4.69, 9.17) is 0 Å². The average Bonchev–Trinajstić information content (AvgIpc) is 3.02. The predicted octanol–water partition coefficient (Wildman–Crippen LogP) is 2.06. The van der Waals surface area contributed by atoms with E-state index in [2.05, 4.69) is 21.0 Å². The zero-order valence-corrected chi connectivity index (χ0v) is 16.7. The molecule has 0 aliphatic heterocycles. The molecule has 9 heteroatoms. The Morgan fingerprint density at radius 1 is 1.30 bits per heavy atom. The number of carboxylic acid groups (broad SMARTS) is 1. The van der Waals surface area contributed by atoms with Crippen molar-refractivity contribution in [2.45, 2.75) is 26.9 Å². The molecule has 0 amide bonds. The minimum atomic E-state index is -1.02. The molecule has 0 aliphatic carbocycles. The molecule has 0 radical (unpaired) electrons. The van der Waals surface area contributed by atoms with Crippen LogP contribution in [0.1, 0.15) is 29.8 Å². The fourth-order valence-corrected chi connectivity index (χ4v) is 3.29. The lowest BCUT2D eigenvalue weighted by Gasteiger charge is -2.10. The summed E-state index contributed by atoms with van der Waals surface area (Å²) in [5.74, 6) is -0.816. The first kappa shape index (κ1) is 19.1. The molecule has 27 heavy (non-hydrogen) atoms. The Labute approximate surface area is 162 Å². The van der Waals surface area contributed by atoms with Crippen LogP contribution in [0.3, 0.4) is 0 Å². The summed E-state index contributed by atoms with van der Waals surface area (Å²) in [4.78, 5) is 36.2. The van der Waals surface area contributed by atoms with Crippen molar-refractivity contribution in [3.63, 3.8) is 0 Å². The van der Waals surface area contributed by atoms with Gasteiger partial charge < -0.3 is 5.11 Å². The van der Waals surface area contributed by atoms with Gasteiger partial charge in [-0.05, 0) is 29.7 Å². The maximum atomic E-state index is 12.5. The summed E-state index contributed by atoms with van der Waals surface area (Å²) < 4.78 is 4.87. The molecule has 2 heterocycles. The van der Waals surface area contributed by atoms with E-state index in [1.807, 2.05) is 13.8 Å². The number of carbonyl (C=O) groups is 1. The highest BCUT2D eigenvalue weighted by molar-refractivity contribution is 9.10. The predicted molar refractivity (Wildman–Crippen MR) is 104 cm³/mol.